The lowest BCUT2D eigenvalue weighted by Gasteiger charge is -2.15. The molecule has 0 aromatic heterocycles. The van der Waals surface area contributed by atoms with Crippen molar-refractivity contribution in [2.24, 2.45) is 5.92 Å². The highest BCUT2D eigenvalue weighted by Crippen LogP contribution is 2.29. The first-order chi connectivity index (χ1) is 7.10. The third-order valence-corrected chi connectivity index (χ3v) is 3.04. The maximum atomic E-state index is 9.01. The molecule has 0 spiro atoms. The number of aliphatic hydroxyl groups is 1. The zero-order chi connectivity index (χ0) is 11.4. The second kappa shape index (κ2) is 5.37. The van der Waals surface area contributed by atoms with Crippen LogP contribution in [0.3, 0.4) is 0 Å². The Bertz CT molecular complexity index is 387. The zero-order valence-electron chi connectivity index (χ0n) is 8.24. The average molecular weight is 244 g/mol. The zero-order valence-corrected chi connectivity index (χ0v) is 9.76. The lowest BCUT2D eigenvalue weighted by Crippen LogP contribution is -2.11. The molecule has 1 aromatic carbocycles. The molecule has 0 bridgehead atoms. The second-order valence-corrected chi connectivity index (χ2v) is 4.25. The smallest absolute Gasteiger partial charge is 0.0760 e. The molecule has 0 aliphatic rings. The molecule has 0 radical (unpaired) electrons. The van der Waals surface area contributed by atoms with Gasteiger partial charge < -0.3 is 5.11 Å². The van der Waals surface area contributed by atoms with Crippen LogP contribution in [0.4, 0.5) is 0 Å². The highest BCUT2D eigenvalue weighted by atomic mass is 35.5. The van der Waals surface area contributed by atoms with E-state index in [4.69, 9.17) is 33.6 Å². The summed E-state index contributed by atoms with van der Waals surface area (Å²) < 4.78 is 0. The van der Waals surface area contributed by atoms with Gasteiger partial charge in [-0.1, -0.05) is 36.2 Å². The van der Waals surface area contributed by atoms with Gasteiger partial charge in [-0.3, -0.25) is 0 Å². The molecule has 15 heavy (non-hydrogen) atoms. The molecule has 80 valence electrons. The number of benzene rings is 1. The van der Waals surface area contributed by atoms with Crippen LogP contribution < -0.4 is 0 Å². The fourth-order valence-corrected chi connectivity index (χ4v) is 1.65. The van der Waals surface area contributed by atoms with E-state index in [1.165, 1.54) is 0 Å². The van der Waals surface area contributed by atoms with E-state index < -0.39 is 0 Å². The van der Waals surface area contributed by atoms with Crippen LogP contribution in [0.1, 0.15) is 18.4 Å². The van der Waals surface area contributed by atoms with Crippen molar-refractivity contribution in [3.63, 3.8) is 0 Å². The maximum Gasteiger partial charge on any atom is 0.0760 e. The Hall–Kier alpha value is -0.750. The predicted molar refractivity (Wildman–Crippen MR) is 61.1 cm³/mol. The molecular formula is C11H11Cl2NO. The molecule has 0 fully saturated rings. The Kier molecular flexibility index (Phi) is 4.41. The molecule has 1 rings (SSSR count). The van der Waals surface area contributed by atoms with Crippen LogP contribution >= 0.6 is 23.2 Å². The molecule has 2 atom stereocenters. The Morgan fingerprint density at radius 1 is 1.40 bits per heavy atom. The number of halogens is 2. The van der Waals surface area contributed by atoms with Crippen molar-refractivity contribution in [3.05, 3.63) is 33.8 Å². The SMILES string of the molecule is C[C@H](CO)[C@@H](C#N)c1ccc(Cl)c(Cl)c1. The number of rotatable bonds is 3. The highest BCUT2D eigenvalue weighted by molar-refractivity contribution is 6.42. The van der Waals surface area contributed by atoms with Crippen LogP contribution in [0.15, 0.2) is 18.2 Å². The summed E-state index contributed by atoms with van der Waals surface area (Å²) in [5, 5.41) is 18.9. The van der Waals surface area contributed by atoms with Gasteiger partial charge in [0.15, 0.2) is 0 Å². The Balaban J connectivity index is 3.04. The summed E-state index contributed by atoms with van der Waals surface area (Å²) in [5.74, 6) is -0.475. The summed E-state index contributed by atoms with van der Waals surface area (Å²) in [6.07, 6.45) is 0. The summed E-state index contributed by atoms with van der Waals surface area (Å²) in [7, 11) is 0. The van der Waals surface area contributed by atoms with Gasteiger partial charge in [0.1, 0.15) is 0 Å². The van der Waals surface area contributed by atoms with E-state index in [1.807, 2.05) is 6.92 Å². The monoisotopic (exact) mass is 243 g/mol. The van der Waals surface area contributed by atoms with Gasteiger partial charge in [-0.2, -0.15) is 5.26 Å². The quantitative estimate of drug-likeness (QED) is 0.886. The van der Waals surface area contributed by atoms with Gasteiger partial charge in [0.2, 0.25) is 0 Å². The first kappa shape index (κ1) is 12.3. The second-order valence-electron chi connectivity index (χ2n) is 3.44. The molecule has 0 saturated heterocycles. The van der Waals surface area contributed by atoms with E-state index in [-0.39, 0.29) is 18.4 Å². The standard InChI is InChI=1S/C11H11Cl2NO/c1-7(6-15)9(5-14)8-2-3-10(12)11(13)4-8/h2-4,7,9,15H,6H2,1H3/t7-,9-/m1/s1. The molecule has 0 saturated carbocycles. The van der Waals surface area contributed by atoms with Gasteiger partial charge in [0.25, 0.3) is 0 Å². The fraction of sp³-hybridized carbons (Fsp3) is 0.364. The first-order valence-corrected chi connectivity index (χ1v) is 5.31. The molecule has 0 amide bonds. The van der Waals surface area contributed by atoms with Crippen molar-refractivity contribution in [2.45, 2.75) is 12.8 Å². The van der Waals surface area contributed by atoms with Crippen molar-refractivity contribution in [2.75, 3.05) is 6.61 Å². The van der Waals surface area contributed by atoms with Gasteiger partial charge in [-0.15, -0.1) is 0 Å². The van der Waals surface area contributed by atoms with Gasteiger partial charge in [0.05, 0.1) is 22.0 Å². The summed E-state index contributed by atoms with van der Waals surface area (Å²) in [6, 6.07) is 7.24. The van der Waals surface area contributed by atoms with Crippen molar-refractivity contribution >= 4 is 23.2 Å². The summed E-state index contributed by atoms with van der Waals surface area (Å²) in [5.41, 5.74) is 0.786. The minimum Gasteiger partial charge on any atom is -0.396 e. The summed E-state index contributed by atoms with van der Waals surface area (Å²) >= 11 is 11.6. The van der Waals surface area contributed by atoms with Gasteiger partial charge in [0, 0.05) is 6.61 Å². The van der Waals surface area contributed by atoms with E-state index in [0.29, 0.717) is 10.0 Å². The normalized spacial score (nSPS) is 14.3. The van der Waals surface area contributed by atoms with Gasteiger partial charge >= 0.3 is 0 Å². The Labute approximate surface area is 99.0 Å². The number of aliphatic hydroxyl groups excluding tert-OH is 1. The minimum atomic E-state index is -0.357. The van der Waals surface area contributed by atoms with Crippen LogP contribution in [0, 0.1) is 17.2 Å². The van der Waals surface area contributed by atoms with E-state index >= 15 is 0 Å². The van der Waals surface area contributed by atoms with Crippen molar-refractivity contribution in [1.82, 2.24) is 0 Å². The minimum absolute atomic E-state index is 0.0293. The molecule has 4 heteroatoms. The predicted octanol–water partition coefficient (Wildman–Crippen LogP) is 3.23. The lowest BCUT2D eigenvalue weighted by atomic mass is 9.89. The van der Waals surface area contributed by atoms with E-state index in [0.717, 1.165) is 5.56 Å². The van der Waals surface area contributed by atoms with Crippen molar-refractivity contribution < 1.29 is 5.11 Å². The third-order valence-electron chi connectivity index (χ3n) is 2.30. The van der Waals surface area contributed by atoms with Crippen LogP contribution in [0.25, 0.3) is 0 Å². The molecule has 0 aliphatic heterocycles. The molecule has 0 unspecified atom stereocenters. The number of hydrogen-bond acceptors (Lipinski definition) is 2. The van der Waals surface area contributed by atoms with E-state index in [1.54, 1.807) is 18.2 Å². The fourth-order valence-electron chi connectivity index (χ4n) is 1.34. The van der Waals surface area contributed by atoms with Crippen molar-refractivity contribution in [3.8, 4) is 6.07 Å². The molecular weight excluding hydrogens is 233 g/mol. The van der Waals surface area contributed by atoms with Gasteiger partial charge in [-0.25, -0.2) is 0 Å². The van der Waals surface area contributed by atoms with Crippen LogP contribution in [0.5, 0.6) is 0 Å². The first-order valence-electron chi connectivity index (χ1n) is 4.55. The maximum absolute atomic E-state index is 9.01. The third kappa shape index (κ3) is 2.85. The van der Waals surface area contributed by atoms with Crippen molar-refractivity contribution in [1.29, 1.82) is 5.26 Å². The summed E-state index contributed by atoms with van der Waals surface area (Å²) in [4.78, 5) is 0. The topological polar surface area (TPSA) is 44.0 Å². The number of nitrogens with zero attached hydrogens (tertiary/aromatic N) is 1. The Morgan fingerprint density at radius 2 is 2.07 bits per heavy atom. The Morgan fingerprint density at radius 3 is 2.53 bits per heavy atom. The van der Waals surface area contributed by atoms with Crippen LogP contribution in [0.2, 0.25) is 10.0 Å². The molecule has 1 aromatic rings. The van der Waals surface area contributed by atoms with E-state index in [2.05, 4.69) is 6.07 Å². The largest absolute Gasteiger partial charge is 0.396 e. The molecule has 0 heterocycles. The van der Waals surface area contributed by atoms with E-state index in [9.17, 15) is 0 Å². The molecule has 0 aliphatic carbocycles. The lowest BCUT2D eigenvalue weighted by molar-refractivity contribution is 0.228. The highest BCUT2D eigenvalue weighted by Gasteiger charge is 2.18. The van der Waals surface area contributed by atoms with Crippen LogP contribution in [-0.2, 0) is 0 Å². The number of hydrogen-bond donors (Lipinski definition) is 1. The summed E-state index contributed by atoms with van der Waals surface area (Å²) in [6.45, 7) is 1.79. The number of nitriles is 1. The molecule has 2 nitrogen and oxygen atoms in total. The van der Waals surface area contributed by atoms with Crippen LogP contribution in [-0.4, -0.2) is 11.7 Å². The average Bonchev–Trinajstić information content (AvgIpc) is 2.24. The van der Waals surface area contributed by atoms with Gasteiger partial charge in [-0.05, 0) is 23.6 Å². The molecule has 1 N–H and O–H groups in total.